The molecule has 0 amide bonds. The fraction of sp³-hybridized carbons (Fsp3) is 1.00. The first kappa shape index (κ1) is 27.2. The molecule has 0 spiro atoms. The predicted molar refractivity (Wildman–Crippen MR) is 105 cm³/mol. The number of aliphatic hydroxyl groups excluding tert-OH is 1. The largest absolute Gasteiger partial charge is 0.388 e. The van der Waals surface area contributed by atoms with Crippen LogP contribution in [-0.4, -0.2) is 53.6 Å². The van der Waals surface area contributed by atoms with Gasteiger partial charge < -0.3 is 19.3 Å². The minimum atomic E-state index is -0.541. The van der Waals surface area contributed by atoms with Gasteiger partial charge in [0.05, 0.1) is 6.10 Å². The summed E-state index contributed by atoms with van der Waals surface area (Å²) < 4.78 is 16.9. The van der Waals surface area contributed by atoms with Gasteiger partial charge in [-0.2, -0.15) is 0 Å². The van der Waals surface area contributed by atoms with Crippen LogP contribution in [0.1, 0.15) is 52.9 Å². The van der Waals surface area contributed by atoms with Crippen LogP contribution in [0.4, 0.5) is 0 Å². The van der Waals surface area contributed by atoms with E-state index in [1.165, 1.54) is 0 Å². The van der Waals surface area contributed by atoms with Crippen molar-refractivity contribution in [3.8, 4) is 0 Å². The van der Waals surface area contributed by atoms with Gasteiger partial charge in [0, 0.05) is 74.0 Å². The quantitative estimate of drug-likeness (QED) is 0.255. The molecule has 1 aliphatic rings. The van der Waals surface area contributed by atoms with Crippen LogP contribution < -0.4 is 0 Å². The second kappa shape index (κ2) is 15.1. The van der Waals surface area contributed by atoms with Crippen LogP contribution in [0.15, 0.2) is 0 Å². The molecule has 25 heavy (non-hydrogen) atoms. The Hall–Kier alpha value is 2.24. The number of halogens is 2. The Bertz CT molecular complexity index is 336. The van der Waals surface area contributed by atoms with Gasteiger partial charge in [0.2, 0.25) is 0 Å². The fourth-order valence-corrected chi connectivity index (χ4v) is 4.32. The van der Waals surface area contributed by atoms with E-state index in [1.54, 1.807) is 7.11 Å². The summed E-state index contributed by atoms with van der Waals surface area (Å²) in [5.41, 5.74) is 0. The van der Waals surface area contributed by atoms with Crippen LogP contribution in [0.25, 0.3) is 0 Å². The number of rotatable bonds is 11. The average molecular weight is 701 g/mol. The van der Waals surface area contributed by atoms with Crippen molar-refractivity contribution in [3.05, 3.63) is 0 Å². The van der Waals surface area contributed by atoms with E-state index in [2.05, 4.69) is 52.6 Å². The summed E-state index contributed by atoms with van der Waals surface area (Å²) in [6.07, 6.45) is 4.20. The van der Waals surface area contributed by atoms with E-state index in [-0.39, 0.29) is 56.1 Å². The van der Waals surface area contributed by atoms with Crippen molar-refractivity contribution in [2.75, 3.05) is 20.3 Å². The number of hydrogen-bond donors (Lipinski definition) is 1. The SMILES string of the molecule is CCC1O[C@@H](OCCCC(Br)C(Br)CCCOC)C(O)[C@@H](C)[C@H]1C.[Ac]. The van der Waals surface area contributed by atoms with Gasteiger partial charge in [0.1, 0.15) is 6.10 Å². The van der Waals surface area contributed by atoms with E-state index in [9.17, 15) is 5.11 Å². The summed E-state index contributed by atoms with van der Waals surface area (Å²) in [6.45, 7) is 7.77. The molecule has 1 radical (unpaired) electrons. The average Bonchev–Trinajstić information content (AvgIpc) is 2.58. The maximum absolute atomic E-state index is 10.4. The zero-order valence-corrected chi connectivity index (χ0v) is 23.9. The second-order valence-corrected chi connectivity index (χ2v) is 9.19. The molecule has 147 valence electrons. The molecule has 1 fully saturated rings. The van der Waals surface area contributed by atoms with E-state index < -0.39 is 12.4 Å². The molecule has 0 aromatic carbocycles. The van der Waals surface area contributed by atoms with E-state index in [0.29, 0.717) is 22.2 Å². The molecule has 0 aromatic heterocycles. The zero-order valence-electron chi connectivity index (χ0n) is 16.0. The second-order valence-electron chi connectivity index (χ2n) is 6.84. The summed E-state index contributed by atoms with van der Waals surface area (Å²) in [6, 6.07) is 0. The first-order valence-electron chi connectivity index (χ1n) is 9.14. The van der Waals surface area contributed by atoms with Crippen LogP contribution in [0.2, 0.25) is 0 Å². The minimum absolute atomic E-state index is 0. The maximum atomic E-state index is 10.4. The van der Waals surface area contributed by atoms with E-state index in [1.807, 2.05) is 0 Å². The number of hydrogen-bond acceptors (Lipinski definition) is 4. The molecule has 7 heteroatoms. The Labute approximate surface area is 206 Å². The van der Waals surface area contributed by atoms with Crippen molar-refractivity contribution < 1.29 is 63.4 Å². The molecule has 1 heterocycles. The van der Waals surface area contributed by atoms with Crippen LogP contribution in [-0.2, 0) is 14.2 Å². The van der Waals surface area contributed by atoms with E-state index in [0.717, 1.165) is 38.7 Å². The smallest absolute Gasteiger partial charge is 0.183 e. The van der Waals surface area contributed by atoms with Gasteiger partial charge in [-0.05, 0) is 43.9 Å². The van der Waals surface area contributed by atoms with Gasteiger partial charge in [-0.25, -0.2) is 0 Å². The molecule has 1 saturated heterocycles. The summed E-state index contributed by atoms with van der Waals surface area (Å²) >= 11 is 7.48. The van der Waals surface area contributed by atoms with Gasteiger partial charge in [-0.1, -0.05) is 52.6 Å². The van der Waals surface area contributed by atoms with Gasteiger partial charge in [-0.3, -0.25) is 0 Å². The topological polar surface area (TPSA) is 47.9 Å². The monoisotopic (exact) mass is 699 g/mol. The first-order valence-corrected chi connectivity index (χ1v) is 11.0. The van der Waals surface area contributed by atoms with Crippen molar-refractivity contribution in [3.63, 3.8) is 0 Å². The first-order chi connectivity index (χ1) is 11.4. The van der Waals surface area contributed by atoms with E-state index in [4.69, 9.17) is 14.2 Å². The summed E-state index contributed by atoms with van der Waals surface area (Å²) in [5, 5.41) is 10.4. The normalized spacial score (nSPS) is 32.0. The van der Waals surface area contributed by atoms with Crippen LogP contribution in [0, 0.1) is 55.9 Å². The molecule has 1 N–H and O–H groups in total. The van der Waals surface area contributed by atoms with Gasteiger partial charge >= 0.3 is 0 Å². The number of ether oxygens (including phenoxy) is 3. The number of methoxy groups -OCH3 is 1. The molecule has 1 aliphatic heterocycles. The Kier molecular flexibility index (Phi) is 16.5. The summed E-state index contributed by atoms with van der Waals surface area (Å²) in [7, 11) is 1.73. The summed E-state index contributed by atoms with van der Waals surface area (Å²) in [5.74, 6) is 0.559. The van der Waals surface area contributed by atoms with Crippen molar-refractivity contribution in [2.45, 2.75) is 81.0 Å². The molecular weight excluding hydrogens is 667 g/mol. The van der Waals surface area contributed by atoms with Crippen LogP contribution in [0.3, 0.4) is 0 Å². The third-order valence-corrected chi connectivity index (χ3v) is 7.97. The molecule has 0 bridgehead atoms. The number of alkyl halides is 2. The molecule has 4 nitrogen and oxygen atoms in total. The van der Waals surface area contributed by atoms with Crippen molar-refractivity contribution >= 4 is 31.9 Å². The Morgan fingerprint density at radius 2 is 1.60 bits per heavy atom. The molecular formula is C18H34AcBr2O4. The molecule has 1 rings (SSSR count). The van der Waals surface area contributed by atoms with Gasteiger partial charge in [0.15, 0.2) is 6.29 Å². The van der Waals surface area contributed by atoms with Gasteiger partial charge in [0.25, 0.3) is 0 Å². The molecule has 4 unspecified atom stereocenters. The molecule has 7 atom stereocenters. The molecule has 0 saturated carbocycles. The third-order valence-electron chi connectivity index (χ3n) is 5.07. The predicted octanol–water partition coefficient (Wildman–Crippen LogP) is 4.50. The molecule has 0 aromatic rings. The van der Waals surface area contributed by atoms with Gasteiger partial charge in [-0.15, -0.1) is 0 Å². The Morgan fingerprint density at radius 1 is 1.04 bits per heavy atom. The Morgan fingerprint density at radius 3 is 2.12 bits per heavy atom. The van der Waals surface area contributed by atoms with Crippen molar-refractivity contribution in [1.82, 2.24) is 0 Å². The Balaban J connectivity index is 0.00000576. The molecule has 0 aliphatic carbocycles. The fourth-order valence-electron chi connectivity index (χ4n) is 3.14. The van der Waals surface area contributed by atoms with Crippen LogP contribution in [0.5, 0.6) is 0 Å². The van der Waals surface area contributed by atoms with E-state index >= 15 is 0 Å². The number of aliphatic hydroxyl groups is 1. The standard InChI is InChI=1S/C18H34Br2O4.Ac/c1-5-16-12(2)13(3)17(21)18(24-16)23-11-7-9-15(20)14(19)8-6-10-22-4;/h12-18,21H,5-11H2,1-4H3;/t12-,13+,14?,15?,16?,17?,18-;/m1./s1. The van der Waals surface area contributed by atoms with Crippen LogP contribution >= 0.6 is 31.9 Å². The third kappa shape index (κ3) is 9.52. The van der Waals surface area contributed by atoms with Crippen molar-refractivity contribution in [1.29, 1.82) is 0 Å². The summed E-state index contributed by atoms with van der Waals surface area (Å²) in [4.78, 5) is 0.854. The van der Waals surface area contributed by atoms with Crippen molar-refractivity contribution in [2.24, 2.45) is 11.8 Å². The maximum Gasteiger partial charge on any atom is 0.183 e. The zero-order chi connectivity index (χ0) is 18.1. The minimum Gasteiger partial charge on any atom is -0.388 e.